The van der Waals surface area contributed by atoms with Gasteiger partial charge in [0.1, 0.15) is 17.3 Å². The van der Waals surface area contributed by atoms with E-state index < -0.39 is 17.7 Å². The third kappa shape index (κ3) is 4.39. The number of rotatable bonds is 8. The second-order valence-corrected chi connectivity index (χ2v) is 8.12. The van der Waals surface area contributed by atoms with Gasteiger partial charge in [0.2, 0.25) is 0 Å². The molecule has 2 aromatic carbocycles. The van der Waals surface area contributed by atoms with E-state index in [0.29, 0.717) is 42.1 Å². The van der Waals surface area contributed by atoms with Crippen LogP contribution in [0.1, 0.15) is 29.2 Å². The zero-order chi connectivity index (χ0) is 24.2. The molecule has 0 aliphatic carbocycles. The summed E-state index contributed by atoms with van der Waals surface area (Å²) < 4.78 is 12.9. The first kappa shape index (κ1) is 23.1. The van der Waals surface area contributed by atoms with Crippen molar-refractivity contribution in [1.82, 2.24) is 14.5 Å². The highest BCUT2D eigenvalue weighted by atomic mass is 16.5. The smallest absolute Gasteiger partial charge is 0.295 e. The molecule has 1 aliphatic rings. The number of Topliss-reactive ketones (excluding diaryl/α,β-unsaturated/α-hetero) is 1. The lowest BCUT2D eigenvalue weighted by Gasteiger charge is -2.27. The van der Waals surface area contributed by atoms with Crippen LogP contribution < -0.4 is 9.47 Å². The number of aromatic nitrogens is 2. The minimum atomic E-state index is -0.825. The third-order valence-electron chi connectivity index (χ3n) is 5.97. The van der Waals surface area contributed by atoms with Crippen molar-refractivity contribution in [3.8, 4) is 11.5 Å². The Balaban J connectivity index is 1.81. The zero-order valence-electron chi connectivity index (χ0n) is 19.4. The van der Waals surface area contributed by atoms with E-state index in [2.05, 4.69) is 4.98 Å². The molecular formula is C26H27N3O5. The molecule has 0 radical (unpaired) electrons. The summed E-state index contributed by atoms with van der Waals surface area (Å²) in [4.78, 5) is 31.9. The molecule has 2 heterocycles. The summed E-state index contributed by atoms with van der Waals surface area (Å²) in [6.07, 6.45) is 5.83. The van der Waals surface area contributed by atoms with E-state index in [-0.39, 0.29) is 11.3 Å². The number of nitrogens with zero attached hydrogens (tertiary/aromatic N) is 3. The maximum Gasteiger partial charge on any atom is 0.295 e. The number of amides is 1. The van der Waals surface area contributed by atoms with E-state index in [1.165, 1.54) is 12.0 Å². The predicted octanol–water partition coefficient (Wildman–Crippen LogP) is 3.72. The normalized spacial score (nSPS) is 17.3. The monoisotopic (exact) mass is 461 g/mol. The number of carbonyl (C=O) groups excluding carboxylic acids is 2. The Morgan fingerprint density at radius 1 is 1.06 bits per heavy atom. The molecule has 1 atom stereocenters. The lowest BCUT2D eigenvalue weighted by molar-refractivity contribution is -0.140. The minimum Gasteiger partial charge on any atom is -0.507 e. The molecule has 1 N–H and O–H groups in total. The summed E-state index contributed by atoms with van der Waals surface area (Å²) in [5.74, 6) is -0.563. The Morgan fingerprint density at radius 3 is 2.47 bits per heavy atom. The molecule has 8 heteroatoms. The fourth-order valence-corrected chi connectivity index (χ4v) is 4.20. The highest BCUT2D eigenvalue weighted by Crippen LogP contribution is 2.43. The molecule has 1 amide bonds. The topological polar surface area (TPSA) is 93.9 Å². The highest BCUT2D eigenvalue weighted by Gasteiger charge is 2.47. The van der Waals surface area contributed by atoms with Gasteiger partial charge in [0, 0.05) is 36.6 Å². The summed E-state index contributed by atoms with van der Waals surface area (Å²) in [5.41, 5.74) is 2.08. The SMILES string of the molecule is COc1ccc(OC)c(C2/C(=C(/O)c3ccc(C)cc3)C(=O)C(=O)N2CCCn2ccnc2)c1. The van der Waals surface area contributed by atoms with Gasteiger partial charge in [0.15, 0.2) is 0 Å². The van der Waals surface area contributed by atoms with Crippen molar-refractivity contribution >= 4 is 17.4 Å². The average molecular weight is 462 g/mol. The van der Waals surface area contributed by atoms with Crippen LogP contribution >= 0.6 is 0 Å². The lowest BCUT2D eigenvalue weighted by atomic mass is 9.94. The number of aliphatic hydroxyl groups is 1. The Labute approximate surface area is 198 Å². The Hall–Kier alpha value is -4.07. The van der Waals surface area contributed by atoms with Crippen molar-refractivity contribution in [2.45, 2.75) is 25.9 Å². The van der Waals surface area contributed by atoms with Crippen LogP contribution in [0.2, 0.25) is 0 Å². The van der Waals surface area contributed by atoms with Crippen molar-refractivity contribution in [1.29, 1.82) is 0 Å². The molecule has 1 unspecified atom stereocenters. The summed E-state index contributed by atoms with van der Waals surface area (Å²) >= 11 is 0. The first-order valence-electron chi connectivity index (χ1n) is 11.0. The molecule has 176 valence electrons. The van der Waals surface area contributed by atoms with Crippen molar-refractivity contribution in [3.05, 3.63) is 83.4 Å². The number of likely N-dealkylation sites (tertiary alicyclic amines) is 1. The molecule has 4 rings (SSSR count). The number of ether oxygens (including phenoxy) is 2. The number of aryl methyl sites for hydroxylation is 2. The van der Waals surface area contributed by atoms with Crippen molar-refractivity contribution < 1.29 is 24.2 Å². The van der Waals surface area contributed by atoms with Gasteiger partial charge in [-0.3, -0.25) is 9.59 Å². The Kier molecular flexibility index (Phi) is 6.67. The molecular weight excluding hydrogens is 434 g/mol. The number of carbonyl (C=O) groups is 2. The van der Waals surface area contributed by atoms with Gasteiger partial charge in [-0.05, 0) is 31.5 Å². The van der Waals surface area contributed by atoms with Gasteiger partial charge in [0.25, 0.3) is 11.7 Å². The molecule has 1 fully saturated rings. The number of ketones is 1. The molecule has 1 aliphatic heterocycles. The summed E-state index contributed by atoms with van der Waals surface area (Å²) in [6.45, 7) is 2.87. The van der Waals surface area contributed by atoms with E-state index in [1.807, 2.05) is 29.8 Å². The fourth-order valence-electron chi connectivity index (χ4n) is 4.20. The third-order valence-corrected chi connectivity index (χ3v) is 5.97. The predicted molar refractivity (Wildman–Crippen MR) is 127 cm³/mol. The van der Waals surface area contributed by atoms with Crippen molar-refractivity contribution in [3.63, 3.8) is 0 Å². The first-order chi connectivity index (χ1) is 16.4. The minimum absolute atomic E-state index is 0.0306. The van der Waals surface area contributed by atoms with Crippen LogP contribution in [0.3, 0.4) is 0 Å². The number of methoxy groups -OCH3 is 2. The van der Waals surface area contributed by atoms with Gasteiger partial charge in [-0.25, -0.2) is 4.98 Å². The van der Waals surface area contributed by atoms with Crippen LogP contribution in [0.15, 0.2) is 66.8 Å². The summed E-state index contributed by atoms with van der Waals surface area (Å²) in [7, 11) is 3.07. The number of aliphatic hydroxyl groups excluding tert-OH is 1. The molecule has 3 aromatic rings. The summed E-state index contributed by atoms with van der Waals surface area (Å²) in [5, 5.41) is 11.2. The Morgan fingerprint density at radius 2 is 1.82 bits per heavy atom. The van der Waals surface area contributed by atoms with E-state index in [4.69, 9.17) is 9.47 Å². The van der Waals surface area contributed by atoms with Gasteiger partial charge in [-0.2, -0.15) is 0 Å². The van der Waals surface area contributed by atoms with E-state index in [9.17, 15) is 14.7 Å². The maximum atomic E-state index is 13.2. The lowest BCUT2D eigenvalue weighted by Crippen LogP contribution is -2.31. The Bertz CT molecular complexity index is 1220. The number of hydrogen-bond acceptors (Lipinski definition) is 6. The van der Waals surface area contributed by atoms with Gasteiger partial charge >= 0.3 is 0 Å². The van der Waals surface area contributed by atoms with E-state index in [1.54, 1.807) is 50.0 Å². The largest absolute Gasteiger partial charge is 0.507 e. The van der Waals surface area contributed by atoms with Gasteiger partial charge < -0.3 is 24.0 Å². The quantitative estimate of drug-likeness (QED) is 0.312. The first-order valence-corrected chi connectivity index (χ1v) is 11.0. The molecule has 0 bridgehead atoms. The molecule has 1 aromatic heterocycles. The van der Waals surface area contributed by atoms with Crippen LogP contribution in [0.25, 0.3) is 5.76 Å². The molecule has 0 saturated carbocycles. The van der Waals surface area contributed by atoms with Crippen LogP contribution in [-0.4, -0.2) is 52.0 Å². The van der Waals surface area contributed by atoms with Crippen LogP contribution in [0, 0.1) is 6.92 Å². The standard InChI is InChI=1S/C26H27N3O5/c1-17-5-7-18(8-6-17)24(30)22-23(20-15-19(33-2)9-10-21(20)34-3)29(26(32)25(22)31)13-4-12-28-14-11-27-16-28/h5-11,14-16,23,30H,4,12-13H2,1-3H3/b24-22-. The molecule has 0 spiro atoms. The van der Waals surface area contributed by atoms with E-state index in [0.717, 1.165) is 5.56 Å². The van der Waals surface area contributed by atoms with Crippen molar-refractivity contribution in [2.24, 2.45) is 0 Å². The number of hydrogen-bond donors (Lipinski definition) is 1. The second kappa shape index (κ2) is 9.82. The molecule has 1 saturated heterocycles. The maximum absolute atomic E-state index is 13.2. The average Bonchev–Trinajstić information content (AvgIpc) is 3.46. The molecule has 34 heavy (non-hydrogen) atoms. The van der Waals surface area contributed by atoms with Crippen molar-refractivity contribution in [2.75, 3.05) is 20.8 Å². The second-order valence-electron chi connectivity index (χ2n) is 8.12. The fraction of sp³-hybridized carbons (Fsp3) is 0.269. The van der Waals surface area contributed by atoms with Gasteiger partial charge in [-0.15, -0.1) is 0 Å². The van der Waals surface area contributed by atoms with Gasteiger partial charge in [0.05, 0.1) is 32.2 Å². The van der Waals surface area contributed by atoms with Crippen LogP contribution in [0.5, 0.6) is 11.5 Å². The summed E-state index contributed by atoms with van der Waals surface area (Å²) in [6, 6.07) is 11.5. The number of benzene rings is 2. The van der Waals surface area contributed by atoms with Crippen LogP contribution in [-0.2, 0) is 16.1 Å². The van der Waals surface area contributed by atoms with E-state index >= 15 is 0 Å². The molecule has 8 nitrogen and oxygen atoms in total. The van der Waals surface area contributed by atoms with Crippen LogP contribution in [0.4, 0.5) is 0 Å². The number of imidazole rings is 1. The zero-order valence-corrected chi connectivity index (χ0v) is 19.4. The van der Waals surface area contributed by atoms with Gasteiger partial charge in [-0.1, -0.05) is 29.8 Å². The highest BCUT2D eigenvalue weighted by molar-refractivity contribution is 6.46.